The van der Waals surface area contributed by atoms with Crippen molar-refractivity contribution in [3.63, 3.8) is 0 Å². The molecule has 0 saturated carbocycles. The lowest BCUT2D eigenvalue weighted by molar-refractivity contribution is -0.127. The van der Waals surface area contributed by atoms with Crippen molar-refractivity contribution in [1.82, 2.24) is 9.62 Å². The molecule has 0 aliphatic carbocycles. The van der Waals surface area contributed by atoms with E-state index in [0.29, 0.717) is 6.54 Å². The molecule has 1 aliphatic heterocycles. The molecule has 0 aromatic heterocycles. The van der Waals surface area contributed by atoms with Crippen molar-refractivity contribution in [3.8, 4) is 0 Å². The molecule has 1 amide bonds. The van der Waals surface area contributed by atoms with Gasteiger partial charge in [0.1, 0.15) is 0 Å². The monoisotopic (exact) mass is 352 g/mol. The number of piperidine rings is 1. The lowest BCUT2D eigenvalue weighted by atomic mass is 9.91. The number of nitrogens with one attached hydrogen (secondary N) is 1. The number of rotatable bonds is 5. The maximum atomic E-state index is 12.7. The lowest BCUT2D eigenvalue weighted by Gasteiger charge is -2.32. The number of hydrogen-bond acceptors (Lipinski definition) is 3. The van der Waals surface area contributed by atoms with Gasteiger partial charge in [0.2, 0.25) is 15.9 Å². The first kappa shape index (κ1) is 18.9. The molecule has 0 unspecified atom stereocenters. The normalized spacial score (nSPS) is 20.8. The van der Waals surface area contributed by atoms with Crippen LogP contribution in [-0.2, 0) is 14.8 Å². The van der Waals surface area contributed by atoms with Crippen molar-refractivity contribution >= 4 is 15.9 Å². The fourth-order valence-corrected chi connectivity index (χ4v) is 4.18. The van der Waals surface area contributed by atoms with E-state index < -0.39 is 10.0 Å². The van der Waals surface area contributed by atoms with Crippen molar-refractivity contribution in [2.75, 3.05) is 19.3 Å². The smallest absolute Gasteiger partial charge is 0.224 e. The third-order valence-electron chi connectivity index (χ3n) is 4.71. The van der Waals surface area contributed by atoms with Gasteiger partial charge in [-0.15, -0.1) is 0 Å². The zero-order chi connectivity index (χ0) is 17.9. The number of nitrogens with zero attached hydrogens (tertiary/aromatic N) is 1. The third kappa shape index (κ3) is 4.57. The number of amides is 1. The number of sulfonamides is 1. The Morgan fingerprint density at radius 2 is 1.96 bits per heavy atom. The summed E-state index contributed by atoms with van der Waals surface area (Å²) < 4.78 is 24.9. The van der Waals surface area contributed by atoms with Crippen LogP contribution in [0.15, 0.2) is 24.3 Å². The van der Waals surface area contributed by atoms with Crippen LogP contribution in [0.4, 0.5) is 0 Å². The van der Waals surface area contributed by atoms with Crippen LogP contribution in [0.3, 0.4) is 0 Å². The SMILES string of the molecule is Cc1ccccc1[C@H](NC(=O)[C@H]1CCCN(S(C)(=O)=O)C1)C(C)C. The molecule has 1 heterocycles. The first-order valence-corrected chi connectivity index (χ1v) is 10.4. The average molecular weight is 353 g/mol. The van der Waals surface area contributed by atoms with E-state index in [9.17, 15) is 13.2 Å². The van der Waals surface area contributed by atoms with Gasteiger partial charge < -0.3 is 5.32 Å². The molecule has 5 nitrogen and oxygen atoms in total. The van der Waals surface area contributed by atoms with Crippen LogP contribution in [0, 0.1) is 18.8 Å². The van der Waals surface area contributed by atoms with Crippen molar-refractivity contribution in [2.24, 2.45) is 11.8 Å². The van der Waals surface area contributed by atoms with Crippen LogP contribution in [0.5, 0.6) is 0 Å². The average Bonchev–Trinajstić information content (AvgIpc) is 2.52. The zero-order valence-corrected chi connectivity index (χ0v) is 15.8. The van der Waals surface area contributed by atoms with Gasteiger partial charge in [-0.2, -0.15) is 0 Å². The molecule has 24 heavy (non-hydrogen) atoms. The van der Waals surface area contributed by atoms with Gasteiger partial charge in [-0.3, -0.25) is 4.79 Å². The summed E-state index contributed by atoms with van der Waals surface area (Å²) in [7, 11) is -3.24. The molecule has 1 N–H and O–H groups in total. The van der Waals surface area contributed by atoms with Crippen LogP contribution in [0.25, 0.3) is 0 Å². The minimum absolute atomic E-state index is 0.0506. The molecule has 0 bridgehead atoms. The first-order valence-electron chi connectivity index (χ1n) is 8.51. The van der Waals surface area contributed by atoms with Crippen LogP contribution in [0.1, 0.15) is 43.9 Å². The summed E-state index contributed by atoms with van der Waals surface area (Å²) in [6.45, 7) is 7.00. The predicted octanol–water partition coefficient (Wildman–Crippen LogP) is 2.48. The summed E-state index contributed by atoms with van der Waals surface area (Å²) in [6.07, 6.45) is 2.66. The number of carbonyl (C=O) groups excluding carboxylic acids is 1. The van der Waals surface area contributed by atoms with Crippen LogP contribution >= 0.6 is 0 Å². The minimum atomic E-state index is -3.24. The quantitative estimate of drug-likeness (QED) is 0.885. The van der Waals surface area contributed by atoms with E-state index in [4.69, 9.17) is 0 Å². The second-order valence-electron chi connectivity index (χ2n) is 7.05. The van der Waals surface area contributed by atoms with Crippen molar-refractivity contribution in [3.05, 3.63) is 35.4 Å². The van der Waals surface area contributed by atoms with Gasteiger partial charge in [-0.05, 0) is 36.8 Å². The Bertz CT molecular complexity index is 685. The molecular weight excluding hydrogens is 324 g/mol. The Balaban J connectivity index is 2.13. The molecular formula is C18H28N2O3S. The lowest BCUT2D eigenvalue weighted by Crippen LogP contribution is -2.46. The van der Waals surface area contributed by atoms with Crippen LogP contribution in [-0.4, -0.2) is 38.0 Å². The van der Waals surface area contributed by atoms with Gasteiger partial charge in [0.15, 0.2) is 0 Å². The van der Waals surface area contributed by atoms with Crippen molar-refractivity contribution < 1.29 is 13.2 Å². The molecule has 1 aromatic rings. The molecule has 2 rings (SSSR count). The highest BCUT2D eigenvalue weighted by atomic mass is 32.2. The molecule has 1 fully saturated rings. The Kier molecular flexibility index (Phi) is 6.04. The Labute approximate surface area is 145 Å². The first-order chi connectivity index (χ1) is 11.2. The van der Waals surface area contributed by atoms with E-state index in [-0.39, 0.29) is 30.3 Å². The second kappa shape index (κ2) is 7.66. The van der Waals surface area contributed by atoms with Gasteiger partial charge in [0, 0.05) is 13.1 Å². The summed E-state index contributed by atoms with van der Waals surface area (Å²) in [5.74, 6) is -0.0753. The second-order valence-corrected chi connectivity index (χ2v) is 9.03. The standard InChI is InChI=1S/C18H28N2O3S/c1-13(2)17(16-10-6-5-8-14(16)3)19-18(21)15-9-7-11-20(12-15)24(4,22)23/h5-6,8,10,13,15,17H,7,9,11-12H2,1-4H3,(H,19,21)/t15-,17+/m0/s1. The molecule has 1 aromatic carbocycles. The fourth-order valence-electron chi connectivity index (χ4n) is 3.27. The summed E-state index contributed by atoms with van der Waals surface area (Å²) in [4.78, 5) is 12.7. The van der Waals surface area contributed by atoms with E-state index in [1.165, 1.54) is 10.6 Å². The Morgan fingerprint density at radius 3 is 2.54 bits per heavy atom. The molecule has 6 heteroatoms. The van der Waals surface area contributed by atoms with E-state index >= 15 is 0 Å². The van der Waals surface area contributed by atoms with E-state index in [1.807, 2.05) is 31.2 Å². The van der Waals surface area contributed by atoms with E-state index in [0.717, 1.165) is 24.0 Å². The third-order valence-corrected chi connectivity index (χ3v) is 5.98. The summed E-state index contributed by atoms with van der Waals surface area (Å²) in [6, 6.07) is 8.00. The summed E-state index contributed by atoms with van der Waals surface area (Å²) >= 11 is 0. The van der Waals surface area contributed by atoms with Gasteiger partial charge >= 0.3 is 0 Å². The number of carbonyl (C=O) groups is 1. The Hall–Kier alpha value is -1.40. The summed E-state index contributed by atoms with van der Waals surface area (Å²) in [5, 5.41) is 3.15. The molecule has 0 radical (unpaired) electrons. The summed E-state index contributed by atoms with van der Waals surface area (Å²) in [5.41, 5.74) is 2.27. The topological polar surface area (TPSA) is 66.5 Å². The molecule has 1 saturated heterocycles. The van der Waals surface area contributed by atoms with Crippen molar-refractivity contribution in [1.29, 1.82) is 0 Å². The molecule has 0 spiro atoms. The van der Waals surface area contributed by atoms with E-state index in [1.54, 1.807) is 0 Å². The highest BCUT2D eigenvalue weighted by Crippen LogP contribution is 2.26. The minimum Gasteiger partial charge on any atom is -0.349 e. The predicted molar refractivity (Wildman–Crippen MR) is 96.0 cm³/mol. The highest BCUT2D eigenvalue weighted by Gasteiger charge is 2.31. The van der Waals surface area contributed by atoms with Crippen LogP contribution < -0.4 is 5.32 Å². The van der Waals surface area contributed by atoms with Gasteiger partial charge in [0.05, 0.1) is 18.2 Å². The zero-order valence-electron chi connectivity index (χ0n) is 15.0. The maximum Gasteiger partial charge on any atom is 0.224 e. The number of benzene rings is 1. The van der Waals surface area contributed by atoms with E-state index in [2.05, 4.69) is 19.2 Å². The van der Waals surface area contributed by atoms with Gasteiger partial charge in [0.25, 0.3) is 0 Å². The largest absolute Gasteiger partial charge is 0.349 e. The highest BCUT2D eigenvalue weighted by molar-refractivity contribution is 7.88. The maximum absolute atomic E-state index is 12.7. The van der Waals surface area contributed by atoms with Crippen molar-refractivity contribution in [2.45, 2.75) is 39.7 Å². The molecule has 134 valence electrons. The Morgan fingerprint density at radius 1 is 1.29 bits per heavy atom. The fraction of sp³-hybridized carbons (Fsp3) is 0.611. The number of hydrogen-bond donors (Lipinski definition) is 1. The van der Waals surface area contributed by atoms with Gasteiger partial charge in [-0.1, -0.05) is 38.1 Å². The van der Waals surface area contributed by atoms with Gasteiger partial charge in [-0.25, -0.2) is 12.7 Å². The van der Waals surface area contributed by atoms with Crippen LogP contribution in [0.2, 0.25) is 0 Å². The number of aryl methyl sites for hydroxylation is 1. The molecule has 1 aliphatic rings. The molecule has 2 atom stereocenters.